The van der Waals surface area contributed by atoms with Gasteiger partial charge in [-0.1, -0.05) is 18.6 Å². The first-order chi connectivity index (χ1) is 15.3. The van der Waals surface area contributed by atoms with Gasteiger partial charge in [0, 0.05) is 24.7 Å². The van der Waals surface area contributed by atoms with E-state index in [1.165, 1.54) is 0 Å². The van der Waals surface area contributed by atoms with Crippen LogP contribution in [0.2, 0.25) is 0 Å². The van der Waals surface area contributed by atoms with Crippen LogP contribution in [0.4, 0.5) is 5.69 Å². The van der Waals surface area contributed by atoms with Gasteiger partial charge in [0.05, 0.1) is 22.9 Å². The van der Waals surface area contributed by atoms with Crippen molar-refractivity contribution in [3.05, 3.63) is 53.9 Å². The van der Waals surface area contributed by atoms with Gasteiger partial charge in [-0.2, -0.15) is 0 Å². The van der Waals surface area contributed by atoms with Gasteiger partial charge < -0.3 is 19.7 Å². The summed E-state index contributed by atoms with van der Waals surface area (Å²) in [7, 11) is 4.01. The van der Waals surface area contributed by atoms with Crippen LogP contribution in [-0.2, 0) is 16.6 Å². The zero-order valence-electron chi connectivity index (χ0n) is 18.5. The molecule has 2 aromatic carbocycles. The van der Waals surface area contributed by atoms with Crippen LogP contribution >= 0.6 is 11.9 Å². The van der Waals surface area contributed by atoms with Crippen LogP contribution in [0.15, 0.2) is 47.4 Å². The lowest BCUT2D eigenvalue weighted by atomic mass is 9.69. The standard InChI is InChI=1S/C24H28N4O3S/c1-14-26-20-13-17(11-12-21(20)27(14)2)32-28(3)16-9-7-15(8-10-16)18-5-4-6-19(23(25)29)22(18)24(30)31/h7-13,18-19,22H,4-6H2,1-3H3,(H2,25,29)(H,30,31)/t18-,19-,22-/m1/s1. The summed E-state index contributed by atoms with van der Waals surface area (Å²) in [6.45, 7) is 1.99. The molecule has 0 radical (unpaired) electrons. The van der Waals surface area contributed by atoms with E-state index in [4.69, 9.17) is 5.73 Å². The number of hydrogen-bond donors (Lipinski definition) is 2. The van der Waals surface area contributed by atoms with Crippen LogP contribution in [0.5, 0.6) is 0 Å². The number of nitrogens with zero attached hydrogens (tertiary/aromatic N) is 3. The largest absolute Gasteiger partial charge is 0.481 e. The number of rotatable bonds is 6. The van der Waals surface area contributed by atoms with Crippen molar-refractivity contribution in [1.82, 2.24) is 9.55 Å². The molecule has 1 amide bonds. The third-order valence-electron chi connectivity index (χ3n) is 6.55. The third kappa shape index (κ3) is 4.19. The number of fused-ring (bicyclic) bond motifs is 1. The molecule has 0 spiro atoms. The van der Waals surface area contributed by atoms with Crippen LogP contribution in [0.1, 0.15) is 36.6 Å². The summed E-state index contributed by atoms with van der Waals surface area (Å²) in [5.41, 5.74) is 9.52. The van der Waals surface area contributed by atoms with Gasteiger partial charge in [-0.3, -0.25) is 9.59 Å². The first kappa shape index (κ1) is 22.2. The smallest absolute Gasteiger partial charge is 0.307 e. The van der Waals surface area contributed by atoms with E-state index >= 15 is 0 Å². The predicted octanol–water partition coefficient (Wildman–Crippen LogP) is 4.10. The molecule has 3 aromatic rings. The molecule has 1 saturated carbocycles. The van der Waals surface area contributed by atoms with E-state index in [0.29, 0.717) is 6.42 Å². The number of primary amides is 1. The first-order valence-corrected chi connectivity index (χ1v) is 11.5. The van der Waals surface area contributed by atoms with Gasteiger partial charge in [-0.15, -0.1) is 0 Å². The van der Waals surface area contributed by atoms with Crippen LogP contribution < -0.4 is 10.0 Å². The van der Waals surface area contributed by atoms with Gasteiger partial charge in [-0.05, 0) is 73.5 Å². The molecule has 1 aliphatic carbocycles. The Morgan fingerprint density at radius 2 is 1.91 bits per heavy atom. The number of hydrogen-bond acceptors (Lipinski definition) is 5. The summed E-state index contributed by atoms with van der Waals surface area (Å²) in [5.74, 6) is -2.08. The lowest BCUT2D eigenvalue weighted by molar-refractivity contribution is -0.149. The molecule has 8 heteroatoms. The number of carbonyl (C=O) groups is 2. The number of aryl methyl sites for hydroxylation is 2. The summed E-state index contributed by atoms with van der Waals surface area (Å²) in [6.07, 6.45) is 2.09. The normalized spacial score (nSPS) is 20.9. The van der Waals surface area contributed by atoms with E-state index in [1.54, 1.807) is 11.9 Å². The highest BCUT2D eigenvalue weighted by atomic mass is 32.2. The minimum absolute atomic E-state index is 0.208. The van der Waals surface area contributed by atoms with Crippen molar-refractivity contribution >= 4 is 40.5 Å². The second kappa shape index (κ2) is 8.86. The monoisotopic (exact) mass is 452 g/mol. The van der Waals surface area contributed by atoms with E-state index in [-0.39, 0.29) is 5.92 Å². The van der Waals surface area contributed by atoms with E-state index in [0.717, 1.165) is 45.8 Å². The Labute approximate surface area is 191 Å². The minimum Gasteiger partial charge on any atom is -0.481 e. The second-order valence-electron chi connectivity index (χ2n) is 8.46. The molecule has 0 saturated heterocycles. The molecule has 7 nitrogen and oxygen atoms in total. The topological polar surface area (TPSA) is 101 Å². The number of anilines is 1. The Balaban J connectivity index is 1.51. The van der Waals surface area contributed by atoms with E-state index < -0.39 is 23.7 Å². The van der Waals surface area contributed by atoms with E-state index in [9.17, 15) is 14.7 Å². The second-order valence-corrected chi connectivity index (χ2v) is 9.66. The molecule has 4 rings (SSSR count). The highest BCUT2D eigenvalue weighted by Crippen LogP contribution is 2.42. The maximum absolute atomic E-state index is 11.9. The number of carboxylic acid groups (broad SMARTS) is 1. The SMILES string of the molecule is Cc1nc2cc(SN(C)c3ccc([C@H]4CCC[C@@H](C(N)=O)[C@@H]4C(=O)O)cc3)ccc2n1C. The highest BCUT2D eigenvalue weighted by molar-refractivity contribution is 8.00. The van der Waals surface area contributed by atoms with Gasteiger partial charge >= 0.3 is 5.97 Å². The maximum atomic E-state index is 11.9. The average molecular weight is 453 g/mol. The molecule has 0 aliphatic heterocycles. The average Bonchev–Trinajstić information content (AvgIpc) is 3.06. The zero-order valence-corrected chi connectivity index (χ0v) is 19.3. The number of aromatic nitrogens is 2. The molecule has 0 bridgehead atoms. The Morgan fingerprint density at radius 3 is 2.56 bits per heavy atom. The first-order valence-electron chi connectivity index (χ1n) is 10.7. The molecule has 1 fully saturated rings. The van der Waals surface area contributed by atoms with Crippen molar-refractivity contribution in [3.8, 4) is 0 Å². The zero-order chi connectivity index (χ0) is 23.0. The van der Waals surface area contributed by atoms with Crippen molar-refractivity contribution in [2.45, 2.75) is 37.0 Å². The summed E-state index contributed by atoms with van der Waals surface area (Å²) < 4.78 is 4.15. The molecule has 0 unspecified atom stereocenters. The molecule has 1 aliphatic rings. The van der Waals surface area contributed by atoms with Crippen LogP contribution in [-0.4, -0.2) is 33.6 Å². The predicted molar refractivity (Wildman–Crippen MR) is 127 cm³/mol. The molecule has 3 atom stereocenters. The fraction of sp³-hybridized carbons (Fsp3) is 0.375. The number of aliphatic carboxylic acids is 1. The Morgan fingerprint density at radius 1 is 1.19 bits per heavy atom. The lowest BCUT2D eigenvalue weighted by Gasteiger charge is -2.34. The fourth-order valence-electron chi connectivity index (χ4n) is 4.73. The molecule has 1 aromatic heterocycles. The van der Waals surface area contributed by atoms with Crippen molar-refractivity contribution in [1.29, 1.82) is 0 Å². The van der Waals surface area contributed by atoms with Crippen LogP contribution in [0, 0.1) is 18.8 Å². The number of nitrogens with two attached hydrogens (primary N) is 1. The number of benzene rings is 2. The Bertz CT molecular complexity index is 1160. The van der Waals surface area contributed by atoms with Crippen molar-refractivity contribution in [2.24, 2.45) is 24.6 Å². The lowest BCUT2D eigenvalue weighted by Crippen LogP contribution is -2.40. The number of carboxylic acids is 1. The Kier molecular flexibility index (Phi) is 6.15. The van der Waals surface area contributed by atoms with Gasteiger partial charge in [0.2, 0.25) is 5.91 Å². The van der Waals surface area contributed by atoms with Crippen molar-refractivity contribution in [2.75, 3.05) is 11.4 Å². The molecular formula is C24H28N4O3S. The number of amides is 1. The Hall–Kier alpha value is -3.00. The number of imidazole rings is 1. The summed E-state index contributed by atoms with van der Waals surface area (Å²) in [4.78, 5) is 29.4. The third-order valence-corrected chi connectivity index (χ3v) is 7.50. The van der Waals surface area contributed by atoms with Crippen LogP contribution in [0.3, 0.4) is 0 Å². The molecule has 3 N–H and O–H groups in total. The molecule has 1 heterocycles. The fourth-order valence-corrected chi connectivity index (χ4v) is 5.57. The van der Waals surface area contributed by atoms with Gasteiger partial charge in [-0.25, -0.2) is 4.98 Å². The summed E-state index contributed by atoms with van der Waals surface area (Å²) >= 11 is 1.61. The van der Waals surface area contributed by atoms with Crippen molar-refractivity contribution < 1.29 is 14.7 Å². The molecular weight excluding hydrogens is 424 g/mol. The van der Waals surface area contributed by atoms with Gasteiger partial charge in [0.1, 0.15) is 5.82 Å². The number of carbonyl (C=O) groups excluding carboxylic acids is 1. The minimum atomic E-state index is -0.949. The molecule has 168 valence electrons. The summed E-state index contributed by atoms with van der Waals surface area (Å²) in [6, 6.07) is 14.2. The van der Waals surface area contributed by atoms with Gasteiger partial charge in [0.15, 0.2) is 0 Å². The van der Waals surface area contributed by atoms with Gasteiger partial charge in [0.25, 0.3) is 0 Å². The van der Waals surface area contributed by atoms with E-state index in [1.807, 2.05) is 45.3 Å². The van der Waals surface area contributed by atoms with Crippen molar-refractivity contribution in [3.63, 3.8) is 0 Å². The highest BCUT2D eigenvalue weighted by Gasteiger charge is 2.41. The van der Waals surface area contributed by atoms with E-state index in [2.05, 4.69) is 32.1 Å². The quantitative estimate of drug-likeness (QED) is 0.546. The molecule has 32 heavy (non-hydrogen) atoms. The maximum Gasteiger partial charge on any atom is 0.307 e. The van der Waals surface area contributed by atoms with Crippen LogP contribution in [0.25, 0.3) is 11.0 Å². The summed E-state index contributed by atoms with van der Waals surface area (Å²) in [5, 5.41) is 9.76.